The molecule has 2 atom stereocenters. The van der Waals surface area contributed by atoms with Crippen LogP contribution in [0.15, 0.2) is 97.1 Å². The summed E-state index contributed by atoms with van der Waals surface area (Å²) in [7, 11) is 0. The van der Waals surface area contributed by atoms with Crippen LogP contribution in [0.25, 0.3) is 0 Å². The van der Waals surface area contributed by atoms with Crippen molar-refractivity contribution in [3.63, 3.8) is 0 Å². The van der Waals surface area contributed by atoms with Crippen molar-refractivity contribution in [3.8, 4) is 17.2 Å². The highest BCUT2D eigenvalue weighted by Crippen LogP contribution is 2.41. The zero-order valence-electron chi connectivity index (χ0n) is 29.8. The molecule has 1 unspecified atom stereocenters. The molecule has 0 spiro atoms. The molecule has 1 fully saturated rings. The lowest BCUT2D eigenvalue weighted by molar-refractivity contribution is 0.0155. The normalized spacial score (nSPS) is 17.1. The first-order valence-corrected chi connectivity index (χ1v) is 17.8. The number of fused-ring (bicyclic) bond motifs is 2. The number of benzene rings is 4. The number of halogens is 1. The number of para-hydroxylation sites is 1. The van der Waals surface area contributed by atoms with Gasteiger partial charge in [0.1, 0.15) is 5.75 Å². The predicted molar refractivity (Wildman–Crippen MR) is 205 cm³/mol. The molecule has 2 amide bonds. The number of aryl methyl sites for hydroxylation is 1. The highest BCUT2D eigenvalue weighted by atomic mass is 35.5. The number of aromatic amines is 1. The Kier molecular flexibility index (Phi) is 10.5. The van der Waals surface area contributed by atoms with Gasteiger partial charge in [-0.1, -0.05) is 42.5 Å². The molecule has 1 aromatic heterocycles. The van der Waals surface area contributed by atoms with E-state index in [9.17, 15) is 14.7 Å². The van der Waals surface area contributed by atoms with Crippen molar-refractivity contribution in [1.82, 2.24) is 14.8 Å². The number of hydrogen-bond donors (Lipinski definition) is 2. The summed E-state index contributed by atoms with van der Waals surface area (Å²) in [6.07, 6.45) is 1.30. The number of ether oxygens (including phenoxy) is 3. The van der Waals surface area contributed by atoms with Crippen molar-refractivity contribution in [3.05, 3.63) is 136 Å². The van der Waals surface area contributed by atoms with Crippen molar-refractivity contribution in [2.24, 2.45) is 0 Å². The third-order valence-corrected chi connectivity index (χ3v) is 10.4. The molecule has 0 saturated carbocycles. The smallest absolute Gasteiger partial charge is 0.264 e. The van der Waals surface area contributed by atoms with Crippen LogP contribution >= 0.6 is 12.4 Å². The Labute approximate surface area is 315 Å². The van der Waals surface area contributed by atoms with Crippen LogP contribution in [0.4, 0.5) is 11.4 Å². The Morgan fingerprint density at radius 2 is 1.53 bits per heavy atom. The van der Waals surface area contributed by atoms with Gasteiger partial charge in [0.15, 0.2) is 11.5 Å². The van der Waals surface area contributed by atoms with E-state index in [-0.39, 0.29) is 48.8 Å². The summed E-state index contributed by atoms with van der Waals surface area (Å²) in [5, 5.41) is 9.97. The fourth-order valence-corrected chi connectivity index (χ4v) is 7.70. The van der Waals surface area contributed by atoms with Gasteiger partial charge in [0, 0.05) is 66.5 Å². The van der Waals surface area contributed by atoms with Gasteiger partial charge in [0.2, 0.25) is 6.79 Å². The predicted octanol–water partition coefficient (Wildman–Crippen LogP) is 7.36. The summed E-state index contributed by atoms with van der Waals surface area (Å²) in [5.41, 5.74) is 7.39. The third kappa shape index (κ3) is 7.22. The van der Waals surface area contributed by atoms with Crippen LogP contribution in [-0.2, 0) is 24.1 Å². The van der Waals surface area contributed by atoms with E-state index in [0.717, 1.165) is 28.9 Å². The van der Waals surface area contributed by atoms with Gasteiger partial charge in [-0.25, -0.2) is 0 Å². The van der Waals surface area contributed by atoms with Crippen molar-refractivity contribution in [2.75, 3.05) is 38.0 Å². The molecule has 3 aliphatic rings. The van der Waals surface area contributed by atoms with Gasteiger partial charge >= 0.3 is 0 Å². The lowest BCUT2D eigenvalue weighted by Crippen LogP contribution is -2.44. The van der Waals surface area contributed by atoms with Crippen molar-refractivity contribution >= 4 is 35.6 Å². The molecule has 2 N–H and O–H groups in total. The van der Waals surface area contributed by atoms with Crippen LogP contribution in [0.2, 0.25) is 0 Å². The first-order chi connectivity index (χ1) is 25.3. The summed E-state index contributed by atoms with van der Waals surface area (Å²) in [4.78, 5) is 38.6. The van der Waals surface area contributed by atoms with Gasteiger partial charge in [-0.15, -0.1) is 12.4 Å². The Hall–Kier alpha value is -5.29. The minimum Gasteiger partial charge on any atom is -0.508 e. The van der Waals surface area contributed by atoms with Crippen LogP contribution < -0.4 is 14.4 Å². The van der Waals surface area contributed by atoms with Crippen LogP contribution in [0, 0.1) is 6.92 Å². The lowest BCUT2D eigenvalue weighted by Gasteiger charge is -2.38. The second-order valence-corrected chi connectivity index (χ2v) is 13.7. The van der Waals surface area contributed by atoms with Gasteiger partial charge in [-0.3, -0.25) is 19.4 Å². The summed E-state index contributed by atoms with van der Waals surface area (Å²) in [6.45, 7) is 7.19. The number of hydrogen-bond acceptors (Lipinski definition) is 7. The number of aromatic hydroxyl groups is 1. The number of amides is 2. The third-order valence-electron chi connectivity index (χ3n) is 10.4. The Balaban J connectivity index is 0.00000435. The van der Waals surface area contributed by atoms with Gasteiger partial charge in [0.05, 0.1) is 18.8 Å². The van der Waals surface area contributed by atoms with Gasteiger partial charge in [-0.05, 0) is 91.6 Å². The maximum atomic E-state index is 14.7. The second-order valence-electron chi connectivity index (χ2n) is 13.7. The number of anilines is 2. The molecule has 0 bridgehead atoms. The average molecular weight is 735 g/mol. The Bertz CT molecular complexity index is 2100. The van der Waals surface area contributed by atoms with Crippen LogP contribution in [0.1, 0.15) is 61.8 Å². The zero-order chi connectivity index (χ0) is 35.8. The molecule has 5 aromatic rings. The topological polar surface area (TPSA) is 108 Å². The van der Waals surface area contributed by atoms with Crippen molar-refractivity contribution in [2.45, 2.75) is 45.3 Å². The molecule has 4 aromatic carbocycles. The van der Waals surface area contributed by atoms with E-state index in [1.165, 1.54) is 5.56 Å². The highest BCUT2D eigenvalue weighted by molar-refractivity contribution is 6.11. The van der Waals surface area contributed by atoms with E-state index in [1.807, 2.05) is 66.4 Å². The maximum absolute atomic E-state index is 14.7. The van der Waals surface area contributed by atoms with E-state index in [0.29, 0.717) is 73.3 Å². The largest absolute Gasteiger partial charge is 0.508 e. The van der Waals surface area contributed by atoms with E-state index >= 15 is 0 Å². The van der Waals surface area contributed by atoms with Gasteiger partial charge in [-0.2, -0.15) is 0 Å². The first kappa shape index (κ1) is 36.1. The SMILES string of the molecule is Cc1[nH]c(CC(c2cc3c(cc2C(=O)N2Cc4ccccc4C[C@H]2C)OCO3)N2CCOCC2)cc1C(=O)N(c1ccccc1)c1ccc(O)cc1.Cl. The molecule has 0 aliphatic carbocycles. The molecule has 53 heavy (non-hydrogen) atoms. The molecular formula is C42H43ClN4O6. The minimum atomic E-state index is -0.229. The van der Waals surface area contributed by atoms with Crippen molar-refractivity contribution < 1.29 is 28.9 Å². The molecule has 1 saturated heterocycles. The van der Waals surface area contributed by atoms with Crippen molar-refractivity contribution in [1.29, 1.82) is 0 Å². The molecule has 274 valence electrons. The Morgan fingerprint density at radius 1 is 0.868 bits per heavy atom. The number of morpholine rings is 1. The standard InChI is InChI=1S/C42H42N4O6.ClH/c1-27-20-29-8-6-7-9-30(29)25-45(27)41(48)37-24-40-39(51-26-52-40)23-36(37)38(44-16-18-50-19-17-44)22-31-21-35(28(2)43-31)42(49)46(32-10-4-3-5-11-32)33-12-14-34(47)15-13-33;/h3-15,21,23-24,27,38,43,47H,16-20,22,25-26H2,1-2H3;1H/t27-,38?;/m1./s1. The molecule has 10 nitrogen and oxygen atoms in total. The quantitative estimate of drug-likeness (QED) is 0.172. The summed E-state index contributed by atoms with van der Waals surface area (Å²) < 4.78 is 17.5. The number of carbonyl (C=O) groups excluding carboxylic acids is 2. The fraction of sp³-hybridized carbons (Fsp3) is 0.286. The van der Waals surface area contributed by atoms with E-state index in [2.05, 4.69) is 35.0 Å². The fourth-order valence-electron chi connectivity index (χ4n) is 7.70. The van der Waals surface area contributed by atoms with E-state index in [1.54, 1.807) is 29.2 Å². The number of nitrogens with one attached hydrogen (secondary N) is 1. The Morgan fingerprint density at radius 3 is 2.26 bits per heavy atom. The molecule has 8 rings (SSSR count). The van der Waals surface area contributed by atoms with E-state index in [4.69, 9.17) is 14.2 Å². The maximum Gasteiger partial charge on any atom is 0.264 e. The summed E-state index contributed by atoms with van der Waals surface area (Å²) in [5.74, 6) is 1.07. The second kappa shape index (κ2) is 15.4. The average Bonchev–Trinajstić information content (AvgIpc) is 3.79. The number of nitrogens with zero attached hydrogens (tertiary/aromatic N) is 3. The van der Waals surface area contributed by atoms with Gasteiger partial charge in [0.25, 0.3) is 11.8 Å². The molecule has 0 radical (unpaired) electrons. The summed E-state index contributed by atoms with van der Waals surface area (Å²) >= 11 is 0. The zero-order valence-corrected chi connectivity index (χ0v) is 30.6. The number of aromatic nitrogens is 1. The van der Waals surface area contributed by atoms with E-state index < -0.39 is 0 Å². The molecule has 3 aliphatic heterocycles. The molecular weight excluding hydrogens is 692 g/mol. The van der Waals surface area contributed by atoms with Crippen LogP contribution in [0.3, 0.4) is 0 Å². The summed E-state index contributed by atoms with van der Waals surface area (Å²) in [6, 6.07) is 30.0. The number of phenols is 1. The number of H-pyrrole nitrogens is 1. The van der Waals surface area contributed by atoms with Crippen LogP contribution in [0.5, 0.6) is 17.2 Å². The first-order valence-electron chi connectivity index (χ1n) is 17.8. The minimum absolute atomic E-state index is 0. The molecule has 11 heteroatoms. The van der Waals surface area contributed by atoms with Gasteiger partial charge < -0.3 is 29.2 Å². The molecule has 4 heterocycles. The lowest BCUT2D eigenvalue weighted by atomic mass is 9.91. The highest BCUT2D eigenvalue weighted by Gasteiger charge is 2.35. The number of phenolic OH excluding ortho intramolecular Hbond substituents is 1. The number of carbonyl (C=O) groups is 2. The monoisotopic (exact) mass is 734 g/mol. The van der Waals surface area contributed by atoms with Crippen LogP contribution in [-0.4, -0.2) is 70.8 Å². The number of rotatable bonds is 8.